The van der Waals surface area contributed by atoms with Gasteiger partial charge in [0.25, 0.3) is 5.91 Å². The zero-order chi connectivity index (χ0) is 10.8. The number of benzene rings is 1. The van der Waals surface area contributed by atoms with Crippen LogP contribution in [0.25, 0.3) is 0 Å². The number of amides is 1. The van der Waals surface area contributed by atoms with Gasteiger partial charge >= 0.3 is 0 Å². The van der Waals surface area contributed by atoms with Crippen molar-refractivity contribution in [2.75, 3.05) is 11.6 Å². The van der Waals surface area contributed by atoms with E-state index in [-0.39, 0.29) is 5.91 Å². The van der Waals surface area contributed by atoms with Gasteiger partial charge in [0.15, 0.2) is 0 Å². The topological polar surface area (TPSA) is 56.1 Å². The van der Waals surface area contributed by atoms with E-state index in [0.29, 0.717) is 23.4 Å². The molecule has 0 radical (unpaired) electrons. The summed E-state index contributed by atoms with van der Waals surface area (Å²) in [5, 5.41) is 10.5. The monoisotopic (exact) mass is 199 g/mol. The molecule has 0 saturated carbocycles. The number of nitrogens with one attached hydrogen (secondary N) is 1. The highest BCUT2D eigenvalue weighted by molar-refractivity contribution is 5.98. The summed E-state index contributed by atoms with van der Waals surface area (Å²) >= 11 is 0. The molecular weight excluding hydrogens is 190 g/mol. The first-order chi connectivity index (χ1) is 7.22. The Bertz CT molecular complexity index is 457. The first-order valence-electron chi connectivity index (χ1n) is 4.48. The van der Waals surface area contributed by atoms with E-state index in [9.17, 15) is 4.79 Å². The Morgan fingerprint density at radius 2 is 2.20 bits per heavy atom. The number of nitriles is 1. The van der Waals surface area contributed by atoms with Gasteiger partial charge in [-0.05, 0) is 12.1 Å². The molecule has 1 aliphatic rings. The van der Waals surface area contributed by atoms with Crippen LogP contribution >= 0.6 is 0 Å². The highest BCUT2D eigenvalue weighted by Gasteiger charge is 2.24. The van der Waals surface area contributed by atoms with Gasteiger partial charge in [0.1, 0.15) is 6.07 Å². The molecule has 0 aliphatic carbocycles. The Morgan fingerprint density at radius 3 is 2.80 bits per heavy atom. The molecule has 1 heterocycles. The summed E-state index contributed by atoms with van der Waals surface area (Å²) in [5.41, 5.74) is 4.38. The lowest BCUT2D eigenvalue weighted by Crippen LogP contribution is -2.33. The smallest absolute Gasteiger partial charge is 0.267 e. The van der Waals surface area contributed by atoms with Crippen LogP contribution in [-0.4, -0.2) is 12.5 Å². The van der Waals surface area contributed by atoms with Crippen molar-refractivity contribution in [2.24, 2.45) is 0 Å². The first kappa shape index (κ1) is 9.28. The predicted octanol–water partition coefficient (Wildman–Crippen LogP) is 0.966. The van der Waals surface area contributed by atoms with E-state index in [1.165, 1.54) is 0 Å². The second kappa shape index (κ2) is 3.46. The minimum Gasteiger partial charge on any atom is -0.279 e. The van der Waals surface area contributed by atoms with Crippen molar-refractivity contribution in [1.29, 1.82) is 5.26 Å². The standard InChI is InChI=1S/C11H9N3O/c1-8-7-14(13-11(8)15)10-5-3-2-4-9(10)6-12/h2-5H,1,7H2,(H,13,15). The molecule has 0 spiro atoms. The molecule has 0 bridgehead atoms. The van der Waals surface area contributed by atoms with Crippen LogP contribution in [0.2, 0.25) is 0 Å². The average molecular weight is 199 g/mol. The predicted molar refractivity (Wildman–Crippen MR) is 55.8 cm³/mol. The van der Waals surface area contributed by atoms with Crippen molar-refractivity contribution >= 4 is 11.6 Å². The molecule has 1 amide bonds. The Kier molecular flexibility index (Phi) is 2.14. The van der Waals surface area contributed by atoms with Gasteiger partial charge < -0.3 is 0 Å². The van der Waals surface area contributed by atoms with E-state index < -0.39 is 0 Å². The lowest BCUT2D eigenvalue weighted by atomic mass is 10.2. The summed E-state index contributed by atoms with van der Waals surface area (Å²) in [4.78, 5) is 11.2. The van der Waals surface area contributed by atoms with Gasteiger partial charge in [-0.3, -0.25) is 15.2 Å². The molecule has 74 valence electrons. The first-order valence-corrected chi connectivity index (χ1v) is 4.48. The van der Waals surface area contributed by atoms with Crippen LogP contribution in [-0.2, 0) is 4.79 Å². The third-order valence-corrected chi connectivity index (χ3v) is 2.22. The zero-order valence-corrected chi connectivity index (χ0v) is 8.03. The molecule has 1 saturated heterocycles. The van der Waals surface area contributed by atoms with E-state index in [1.807, 2.05) is 6.07 Å². The Hall–Kier alpha value is -2.28. The van der Waals surface area contributed by atoms with E-state index in [0.717, 1.165) is 0 Å². The maximum atomic E-state index is 11.2. The third kappa shape index (κ3) is 1.55. The number of nitrogens with zero attached hydrogens (tertiary/aromatic N) is 2. The van der Waals surface area contributed by atoms with E-state index in [1.54, 1.807) is 23.2 Å². The molecule has 0 aromatic heterocycles. The highest BCUT2D eigenvalue weighted by atomic mass is 16.2. The van der Waals surface area contributed by atoms with E-state index in [4.69, 9.17) is 5.26 Å². The van der Waals surface area contributed by atoms with Crippen molar-refractivity contribution in [3.8, 4) is 6.07 Å². The fraction of sp³-hybridized carbons (Fsp3) is 0.0909. The van der Waals surface area contributed by atoms with Crippen LogP contribution < -0.4 is 10.4 Å². The molecule has 2 rings (SSSR count). The fourth-order valence-electron chi connectivity index (χ4n) is 1.45. The van der Waals surface area contributed by atoms with Gasteiger partial charge in [0.2, 0.25) is 0 Å². The molecule has 1 fully saturated rings. The molecule has 15 heavy (non-hydrogen) atoms. The van der Waals surface area contributed by atoms with Crippen LogP contribution in [0.5, 0.6) is 0 Å². The van der Waals surface area contributed by atoms with Crippen molar-refractivity contribution in [1.82, 2.24) is 5.43 Å². The number of anilines is 1. The summed E-state index contributed by atoms with van der Waals surface area (Å²) in [6.45, 7) is 4.04. The van der Waals surface area contributed by atoms with Crippen LogP contribution in [0.4, 0.5) is 5.69 Å². The Balaban J connectivity index is 2.36. The van der Waals surface area contributed by atoms with Crippen molar-refractivity contribution in [3.63, 3.8) is 0 Å². The minimum atomic E-state index is -0.192. The largest absolute Gasteiger partial charge is 0.279 e. The lowest BCUT2D eigenvalue weighted by Gasteiger charge is -2.17. The molecular formula is C11H9N3O. The Labute approximate surface area is 87.4 Å². The van der Waals surface area contributed by atoms with Crippen molar-refractivity contribution in [3.05, 3.63) is 42.0 Å². The summed E-state index contributed by atoms with van der Waals surface area (Å²) < 4.78 is 0. The highest BCUT2D eigenvalue weighted by Crippen LogP contribution is 2.21. The summed E-state index contributed by atoms with van der Waals surface area (Å²) in [6, 6.07) is 9.19. The van der Waals surface area contributed by atoms with Gasteiger partial charge in [0.05, 0.1) is 17.8 Å². The molecule has 1 N–H and O–H groups in total. The molecule has 4 heteroatoms. The van der Waals surface area contributed by atoms with Gasteiger partial charge in [-0.1, -0.05) is 18.7 Å². The van der Waals surface area contributed by atoms with Gasteiger partial charge in [0, 0.05) is 5.57 Å². The molecule has 0 atom stereocenters. The van der Waals surface area contributed by atoms with Crippen LogP contribution in [0.1, 0.15) is 5.56 Å². The number of para-hydroxylation sites is 1. The number of hydrazine groups is 1. The number of carbonyl (C=O) groups is 1. The van der Waals surface area contributed by atoms with Gasteiger partial charge in [-0.15, -0.1) is 0 Å². The van der Waals surface area contributed by atoms with Gasteiger partial charge in [-0.25, -0.2) is 0 Å². The SMILES string of the molecule is C=C1CN(c2ccccc2C#N)NC1=O. The van der Waals surface area contributed by atoms with Crippen LogP contribution in [0.3, 0.4) is 0 Å². The zero-order valence-electron chi connectivity index (χ0n) is 8.03. The van der Waals surface area contributed by atoms with Crippen molar-refractivity contribution in [2.45, 2.75) is 0 Å². The summed E-state index contributed by atoms with van der Waals surface area (Å²) in [6.07, 6.45) is 0. The molecule has 0 unspecified atom stereocenters. The maximum absolute atomic E-state index is 11.2. The van der Waals surface area contributed by atoms with Gasteiger partial charge in [-0.2, -0.15) is 5.26 Å². The minimum absolute atomic E-state index is 0.192. The maximum Gasteiger partial charge on any atom is 0.267 e. The van der Waals surface area contributed by atoms with E-state index in [2.05, 4.69) is 18.1 Å². The number of hydrogen-bond acceptors (Lipinski definition) is 3. The van der Waals surface area contributed by atoms with Crippen LogP contribution in [0.15, 0.2) is 36.4 Å². The van der Waals surface area contributed by atoms with E-state index >= 15 is 0 Å². The second-order valence-corrected chi connectivity index (χ2v) is 3.26. The fourth-order valence-corrected chi connectivity index (χ4v) is 1.45. The van der Waals surface area contributed by atoms with Crippen molar-refractivity contribution < 1.29 is 4.79 Å². The average Bonchev–Trinajstić information content (AvgIpc) is 2.59. The third-order valence-electron chi connectivity index (χ3n) is 2.22. The summed E-state index contributed by atoms with van der Waals surface area (Å²) in [5.74, 6) is -0.192. The molecule has 1 aromatic rings. The summed E-state index contributed by atoms with van der Waals surface area (Å²) in [7, 11) is 0. The number of hydrogen-bond donors (Lipinski definition) is 1. The molecule has 4 nitrogen and oxygen atoms in total. The molecule has 1 aromatic carbocycles. The quantitative estimate of drug-likeness (QED) is 0.685. The van der Waals surface area contributed by atoms with Crippen LogP contribution in [0, 0.1) is 11.3 Å². The number of carbonyl (C=O) groups excluding carboxylic acids is 1. The Morgan fingerprint density at radius 1 is 1.47 bits per heavy atom. The number of rotatable bonds is 1. The lowest BCUT2D eigenvalue weighted by molar-refractivity contribution is -0.116. The molecule has 1 aliphatic heterocycles. The normalized spacial score (nSPS) is 15.0. The second-order valence-electron chi connectivity index (χ2n) is 3.26.